The predicted octanol–water partition coefficient (Wildman–Crippen LogP) is 2.68. The Morgan fingerprint density at radius 2 is 1.86 bits per heavy atom. The zero-order chi connectivity index (χ0) is 20.0. The Labute approximate surface area is 163 Å². The van der Waals surface area contributed by atoms with Crippen LogP contribution in [0, 0.1) is 0 Å². The molecular formula is C21H15N5O3. The van der Waals surface area contributed by atoms with Gasteiger partial charge >= 0.3 is 0 Å². The molecule has 2 aromatic carbocycles. The molecule has 0 fully saturated rings. The average molecular weight is 385 g/mol. The molecule has 0 unspecified atom stereocenters. The second kappa shape index (κ2) is 6.45. The molecule has 3 N–H and O–H groups in total. The zero-order valence-electron chi connectivity index (χ0n) is 15.1. The Kier molecular flexibility index (Phi) is 3.77. The normalized spacial score (nSPS) is 11.3. The molecule has 142 valence electrons. The minimum absolute atomic E-state index is 0.243. The summed E-state index contributed by atoms with van der Waals surface area (Å²) < 4.78 is 7.26. The van der Waals surface area contributed by atoms with Gasteiger partial charge in [0, 0.05) is 39.6 Å². The molecule has 0 aliphatic heterocycles. The molecule has 0 aliphatic carbocycles. The van der Waals surface area contributed by atoms with Gasteiger partial charge in [-0.1, -0.05) is 41.6 Å². The van der Waals surface area contributed by atoms with E-state index >= 15 is 0 Å². The van der Waals surface area contributed by atoms with Gasteiger partial charge < -0.3 is 19.8 Å². The smallest absolute Gasteiger partial charge is 0.250 e. The van der Waals surface area contributed by atoms with Crippen molar-refractivity contribution in [2.75, 3.05) is 0 Å². The second-order valence-electron chi connectivity index (χ2n) is 6.66. The van der Waals surface area contributed by atoms with Crippen molar-refractivity contribution in [2.45, 2.75) is 6.54 Å². The van der Waals surface area contributed by atoms with E-state index in [1.54, 1.807) is 6.20 Å². The van der Waals surface area contributed by atoms with Gasteiger partial charge in [-0.05, 0) is 12.1 Å². The fraction of sp³-hybridized carbons (Fsp3) is 0.0476. The van der Waals surface area contributed by atoms with Crippen LogP contribution in [0.25, 0.3) is 33.2 Å². The van der Waals surface area contributed by atoms with Crippen molar-refractivity contribution in [1.82, 2.24) is 19.7 Å². The van der Waals surface area contributed by atoms with E-state index in [-0.39, 0.29) is 12.1 Å². The fourth-order valence-electron chi connectivity index (χ4n) is 3.54. The molecule has 1 amide bonds. The quantitative estimate of drug-likeness (QED) is 0.493. The molecule has 5 rings (SSSR count). The van der Waals surface area contributed by atoms with Crippen LogP contribution in [0.15, 0.2) is 70.1 Å². The van der Waals surface area contributed by atoms with E-state index in [0.29, 0.717) is 28.4 Å². The first-order valence-electron chi connectivity index (χ1n) is 8.93. The maximum Gasteiger partial charge on any atom is 0.250 e. The van der Waals surface area contributed by atoms with E-state index in [4.69, 9.17) is 10.3 Å². The molecule has 29 heavy (non-hydrogen) atoms. The first kappa shape index (κ1) is 16.9. The minimum atomic E-state index is -0.499. The standard InChI is InChI=1S/C21H15N5O3/c22-20(28)15-10-26(17-8-4-2-6-13(15)17)11-19-24-21(25-29-19)14-9-18(27)23-16-7-3-1-5-12(14)16/h1-10H,11H2,(H2,22,28)(H,23,27). The summed E-state index contributed by atoms with van der Waals surface area (Å²) in [7, 11) is 0. The van der Waals surface area contributed by atoms with E-state index in [2.05, 4.69) is 15.1 Å². The van der Waals surface area contributed by atoms with Crippen LogP contribution in [0.3, 0.4) is 0 Å². The maximum atomic E-state index is 12.0. The molecule has 3 heterocycles. The Morgan fingerprint density at radius 3 is 2.69 bits per heavy atom. The summed E-state index contributed by atoms with van der Waals surface area (Å²) in [5.74, 6) is 0.177. The molecule has 0 saturated heterocycles. The number of nitrogens with one attached hydrogen (secondary N) is 1. The van der Waals surface area contributed by atoms with Crippen molar-refractivity contribution in [3.8, 4) is 11.4 Å². The number of para-hydroxylation sites is 2. The van der Waals surface area contributed by atoms with Gasteiger partial charge in [0.2, 0.25) is 17.3 Å². The van der Waals surface area contributed by atoms with Gasteiger partial charge in [0.05, 0.1) is 5.56 Å². The van der Waals surface area contributed by atoms with Crippen molar-refractivity contribution in [3.05, 3.63) is 82.6 Å². The van der Waals surface area contributed by atoms with Crippen LogP contribution in [0.4, 0.5) is 0 Å². The zero-order valence-corrected chi connectivity index (χ0v) is 15.1. The van der Waals surface area contributed by atoms with Crippen molar-refractivity contribution in [2.24, 2.45) is 5.73 Å². The molecule has 8 nitrogen and oxygen atoms in total. The van der Waals surface area contributed by atoms with Crippen LogP contribution in [0.5, 0.6) is 0 Å². The monoisotopic (exact) mass is 385 g/mol. The second-order valence-corrected chi connectivity index (χ2v) is 6.66. The Bertz CT molecular complexity index is 1440. The third kappa shape index (κ3) is 2.87. The first-order chi connectivity index (χ1) is 14.1. The molecule has 5 aromatic rings. The molecule has 0 atom stereocenters. The van der Waals surface area contributed by atoms with Crippen molar-refractivity contribution in [3.63, 3.8) is 0 Å². The van der Waals surface area contributed by atoms with Crippen LogP contribution in [0.1, 0.15) is 16.2 Å². The van der Waals surface area contributed by atoms with E-state index in [1.165, 1.54) is 6.07 Å². The summed E-state index contributed by atoms with van der Waals surface area (Å²) >= 11 is 0. The van der Waals surface area contributed by atoms with Crippen LogP contribution >= 0.6 is 0 Å². The first-order valence-corrected chi connectivity index (χ1v) is 8.93. The van der Waals surface area contributed by atoms with Gasteiger partial charge in [-0.25, -0.2) is 0 Å². The van der Waals surface area contributed by atoms with Gasteiger partial charge in [0.1, 0.15) is 6.54 Å². The lowest BCUT2D eigenvalue weighted by molar-refractivity contribution is 0.100. The highest BCUT2D eigenvalue weighted by Gasteiger charge is 2.16. The summed E-state index contributed by atoms with van der Waals surface area (Å²) in [5.41, 5.74) is 7.81. The molecule has 3 aromatic heterocycles. The summed E-state index contributed by atoms with van der Waals surface area (Å²) in [4.78, 5) is 31.0. The molecule has 8 heteroatoms. The van der Waals surface area contributed by atoms with Crippen molar-refractivity contribution in [1.29, 1.82) is 0 Å². The molecule has 0 saturated carbocycles. The van der Waals surface area contributed by atoms with Crippen molar-refractivity contribution >= 4 is 27.7 Å². The highest BCUT2D eigenvalue weighted by molar-refractivity contribution is 6.06. The summed E-state index contributed by atoms with van der Waals surface area (Å²) in [6.45, 7) is 0.266. The van der Waals surface area contributed by atoms with Crippen LogP contribution in [-0.2, 0) is 6.54 Å². The molecule has 0 spiro atoms. The highest BCUT2D eigenvalue weighted by atomic mass is 16.5. The van der Waals surface area contributed by atoms with Crippen LogP contribution < -0.4 is 11.3 Å². The number of benzene rings is 2. The summed E-state index contributed by atoms with van der Waals surface area (Å²) in [6, 6.07) is 16.3. The third-order valence-corrected chi connectivity index (χ3v) is 4.82. The maximum absolute atomic E-state index is 12.0. The number of carbonyl (C=O) groups excluding carboxylic acids is 1. The number of nitrogens with zero attached hydrogens (tertiary/aromatic N) is 3. The topological polar surface area (TPSA) is 120 Å². The number of nitrogens with two attached hydrogens (primary N) is 1. The lowest BCUT2D eigenvalue weighted by atomic mass is 10.1. The van der Waals surface area contributed by atoms with E-state index in [1.807, 2.05) is 53.1 Å². The number of fused-ring (bicyclic) bond motifs is 2. The average Bonchev–Trinajstić information content (AvgIpc) is 3.33. The van der Waals surface area contributed by atoms with Gasteiger partial charge in [-0.2, -0.15) is 4.98 Å². The number of aromatic nitrogens is 4. The fourth-order valence-corrected chi connectivity index (χ4v) is 3.54. The van der Waals surface area contributed by atoms with Crippen LogP contribution in [0.2, 0.25) is 0 Å². The summed E-state index contributed by atoms with van der Waals surface area (Å²) in [5, 5.41) is 5.64. The number of primary amides is 1. The van der Waals surface area contributed by atoms with Crippen molar-refractivity contribution < 1.29 is 9.32 Å². The Morgan fingerprint density at radius 1 is 1.10 bits per heavy atom. The molecule has 0 radical (unpaired) electrons. The van der Waals surface area contributed by atoms with E-state index < -0.39 is 5.91 Å². The number of pyridine rings is 1. The Hall–Kier alpha value is -4.20. The van der Waals surface area contributed by atoms with Gasteiger partial charge in [-0.3, -0.25) is 9.59 Å². The SMILES string of the molecule is NC(=O)c1cn(Cc2nc(-c3cc(=O)[nH]c4ccccc34)no2)c2ccccc12. The number of aromatic amines is 1. The largest absolute Gasteiger partial charge is 0.366 e. The van der Waals surface area contributed by atoms with Gasteiger partial charge in [0.15, 0.2) is 0 Å². The number of rotatable bonds is 4. The number of H-pyrrole nitrogens is 1. The third-order valence-electron chi connectivity index (χ3n) is 4.82. The highest BCUT2D eigenvalue weighted by Crippen LogP contribution is 2.25. The molecule has 0 aliphatic rings. The van der Waals surface area contributed by atoms with Crippen LogP contribution in [-0.4, -0.2) is 25.6 Å². The number of carbonyl (C=O) groups is 1. The number of hydrogen-bond acceptors (Lipinski definition) is 5. The summed E-state index contributed by atoms with van der Waals surface area (Å²) in [6.07, 6.45) is 1.68. The molecular weight excluding hydrogens is 370 g/mol. The predicted molar refractivity (Wildman–Crippen MR) is 107 cm³/mol. The number of hydrogen-bond donors (Lipinski definition) is 2. The lowest BCUT2D eigenvalue weighted by Crippen LogP contribution is -2.10. The van der Waals surface area contributed by atoms with Gasteiger partial charge in [-0.15, -0.1) is 0 Å². The number of amides is 1. The van der Waals surface area contributed by atoms with Gasteiger partial charge in [0.25, 0.3) is 5.91 Å². The minimum Gasteiger partial charge on any atom is -0.366 e. The Balaban J connectivity index is 1.57. The molecule has 0 bridgehead atoms. The van der Waals surface area contributed by atoms with E-state index in [9.17, 15) is 9.59 Å². The van der Waals surface area contributed by atoms with E-state index in [0.717, 1.165) is 16.3 Å². The lowest BCUT2D eigenvalue weighted by Gasteiger charge is -2.02.